The summed E-state index contributed by atoms with van der Waals surface area (Å²) in [4.78, 5) is 22.9. The Bertz CT molecular complexity index is 483. The van der Waals surface area contributed by atoms with Crippen LogP contribution in [0.2, 0.25) is 5.02 Å². The molecule has 0 aliphatic heterocycles. The minimum Gasteiger partial charge on any atom is -0.371 e. The van der Waals surface area contributed by atoms with Crippen molar-refractivity contribution in [2.24, 2.45) is 0 Å². The van der Waals surface area contributed by atoms with Gasteiger partial charge in [-0.25, -0.2) is 5.10 Å². The first-order valence-corrected chi connectivity index (χ1v) is 5.76. The molecule has 1 saturated carbocycles. The SMILES string of the molecule is CC(Nc1cn[nH]c(=O)c1Cl)C(=O)NC1CC1. The molecule has 1 atom stereocenters. The third-order valence-corrected chi connectivity index (χ3v) is 2.86. The average molecular weight is 257 g/mol. The molecule has 0 aromatic carbocycles. The van der Waals surface area contributed by atoms with Gasteiger partial charge in [-0.05, 0) is 19.8 Å². The molecule has 1 fully saturated rings. The largest absolute Gasteiger partial charge is 0.371 e. The van der Waals surface area contributed by atoms with Gasteiger partial charge < -0.3 is 10.6 Å². The molecule has 1 unspecified atom stereocenters. The van der Waals surface area contributed by atoms with E-state index in [9.17, 15) is 9.59 Å². The van der Waals surface area contributed by atoms with E-state index in [1.807, 2.05) is 0 Å². The highest BCUT2D eigenvalue weighted by Gasteiger charge is 2.25. The summed E-state index contributed by atoms with van der Waals surface area (Å²) >= 11 is 5.78. The normalized spacial score (nSPS) is 16.4. The molecule has 1 aromatic rings. The van der Waals surface area contributed by atoms with Crippen molar-refractivity contribution in [3.8, 4) is 0 Å². The minimum absolute atomic E-state index is 0.00562. The molecule has 6 nitrogen and oxygen atoms in total. The number of anilines is 1. The summed E-state index contributed by atoms with van der Waals surface area (Å²) in [5.74, 6) is -0.108. The van der Waals surface area contributed by atoms with Crippen molar-refractivity contribution in [2.75, 3.05) is 5.32 Å². The molecule has 7 heteroatoms. The first-order valence-electron chi connectivity index (χ1n) is 5.38. The lowest BCUT2D eigenvalue weighted by Crippen LogP contribution is -2.39. The Labute approximate surface area is 103 Å². The number of nitrogens with one attached hydrogen (secondary N) is 3. The van der Waals surface area contributed by atoms with Gasteiger partial charge in [-0.1, -0.05) is 11.6 Å². The van der Waals surface area contributed by atoms with Crippen LogP contribution in [0.15, 0.2) is 11.0 Å². The third kappa shape index (κ3) is 2.97. The fraction of sp³-hybridized carbons (Fsp3) is 0.500. The van der Waals surface area contributed by atoms with Gasteiger partial charge in [0.2, 0.25) is 5.91 Å². The Morgan fingerprint density at radius 2 is 2.35 bits per heavy atom. The van der Waals surface area contributed by atoms with Crippen LogP contribution in [0.1, 0.15) is 19.8 Å². The van der Waals surface area contributed by atoms with Crippen molar-refractivity contribution in [2.45, 2.75) is 31.8 Å². The van der Waals surface area contributed by atoms with E-state index in [1.165, 1.54) is 6.20 Å². The number of hydrogen-bond donors (Lipinski definition) is 3. The molecule has 1 aliphatic rings. The molecule has 0 radical (unpaired) electrons. The fourth-order valence-corrected chi connectivity index (χ4v) is 1.48. The lowest BCUT2D eigenvalue weighted by Gasteiger charge is -2.15. The summed E-state index contributed by atoms with van der Waals surface area (Å²) in [6, 6.07) is -0.156. The third-order valence-electron chi connectivity index (χ3n) is 2.48. The Morgan fingerprint density at radius 3 is 3.00 bits per heavy atom. The molecule has 2 rings (SSSR count). The first kappa shape index (κ1) is 11.9. The maximum atomic E-state index is 11.7. The topological polar surface area (TPSA) is 86.9 Å². The van der Waals surface area contributed by atoms with E-state index in [4.69, 9.17) is 11.6 Å². The summed E-state index contributed by atoms with van der Waals surface area (Å²) < 4.78 is 0. The predicted molar refractivity (Wildman–Crippen MR) is 64.1 cm³/mol. The van der Waals surface area contributed by atoms with Gasteiger partial charge in [0.25, 0.3) is 5.56 Å². The van der Waals surface area contributed by atoms with E-state index in [0.29, 0.717) is 11.7 Å². The highest BCUT2D eigenvalue weighted by Crippen LogP contribution is 2.19. The molecule has 1 heterocycles. The number of hydrogen-bond acceptors (Lipinski definition) is 4. The Morgan fingerprint density at radius 1 is 1.65 bits per heavy atom. The number of carbonyl (C=O) groups is 1. The standard InChI is InChI=1S/C10H13ClN4O2/c1-5(9(16)14-6-2-3-6)13-7-4-12-15-10(17)8(7)11/h4-6H,2-3H2,1H3,(H,14,16)(H2,13,15,17). The Kier molecular flexibility index (Phi) is 3.33. The Hall–Kier alpha value is -1.56. The van der Waals surface area contributed by atoms with Crippen LogP contribution in [-0.4, -0.2) is 28.2 Å². The molecule has 1 aromatic heterocycles. The highest BCUT2D eigenvalue weighted by molar-refractivity contribution is 6.33. The predicted octanol–water partition coefficient (Wildman–Crippen LogP) is 0.502. The second kappa shape index (κ2) is 4.75. The number of aromatic nitrogens is 2. The second-order valence-corrected chi connectivity index (χ2v) is 4.45. The summed E-state index contributed by atoms with van der Waals surface area (Å²) in [5, 5.41) is 11.5. The van der Waals surface area contributed by atoms with E-state index >= 15 is 0 Å². The molecule has 1 amide bonds. The zero-order chi connectivity index (χ0) is 12.4. The fourth-order valence-electron chi connectivity index (χ4n) is 1.34. The zero-order valence-corrected chi connectivity index (χ0v) is 10.0. The van der Waals surface area contributed by atoms with E-state index in [1.54, 1.807) is 6.92 Å². The highest BCUT2D eigenvalue weighted by atomic mass is 35.5. The minimum atomic E-state index is -0.480. The van der Waals surface area contributed by atoms with E-state index in [0.717, 1.165) is 12.8 Å². The number of aromatic amines is 1. The maximum absolute atomic E-state index is 11.7. The zero-order valence-electron chi connectivity index (χ0n) is 9.29. The molecule has 1 aliphatic carbocycles. The van der Waals surface area contributed by atoms with Crippen LogP contribution >= 0.6 is 11.6 Å². The van der Waals surface area contributed by atoms with Crippen molar-refractivity contribution in [1.82, 2.24) is 15.5 Å². The molecule has 17 heavy (non-hydrogen) atoms. The van der Waals surface area contributed by atoms with Gasteiger partial charge in [0, 0.05) is 6.04 Å². The van der Waals surface area contributed by atoms with Crippen LogP contribution in [0.4, 0.5) is 5.69 Å². The first-order chi connectivity index (χ1) is 8.08. The van der Waals surface area contributed by atoms with Crippen LogP contribution in [0.3, 0.4) is 0 Å². The number of halogens is 1. The van der Waals surface area contributed by atoms with Crippen LogP contribution in [0.25, 0.3) is 0 Å². The monoisotopic (exact) mass is 256 g/mol. The van der Waals surface area contributed by atoms with Crippen molar-refractivity contribution < 1.29 is 4.79 Å². The smallest absolute Gasteiger partial charge is 0.285 e. The summed E-state index contributed by atoms with van der Waals surface area (Å²) in [5.41, 5.74) is -0.125. The van der Waals surface area contributed by atoms with Gasteiger partial charge in [-0.15, -0.1) is 0 Å². The van der Waals surface area contributed by atoms with Crippen molar-refractivity contribution >= 4 is 23.2 Å². The molecular formula is C10H13ClN4O2. The van der Waals surface area contributed by atoms with Gasteiger partial charge in [0.15, 0.2) is 0 Å². The van der Waals surface area contributed by atoms with Crippen molar-refractivity contribution in [1.29, 1.82) is 0 Å². The summed E-state index contributed by atoms with van der Waals surface area (Å²) in [6.07, 6.45) is 3.45. The summed E-state index contributed by atoms with van der Waals surface area (Å²) in [7, 11) is 0. The van der Waals surface area contributed by atoms with E-state index in [2.05, 4.69) is 20.8 Å². The van der Waals surface area contributed by atoms with Crippen LogP contribution in [-0.2, 0) is 4.79 Å². The number of amides is 1. The number of nitrogens with zero attached hydrogens (tertiary/aromatic N) is 1. The molecular weight excluding hydrogens is 244 g/mol. The van der Waals surface area contributed by atoms with Crippen molar-refractivity contribution in [3.05, 3.63) is 21.6 Å². The van der Waals surface area contributed by atoms with Crippen LogP contribution < -0.4 is 16.2 Å². The summed E-state index contributed by atoms with van der Waals surface area (Å²) in [6.45, 7) is 1.70. The lowest BCUT2D eigenvalue weighted by molar-refractivity contribution is -0.121. The van der Waals surface area contributed by atoms with Gasteiger partial charge >= 0.3 is 0 Å². The van der Waals surface area contributed by atoms with Gasteiger partial charge in [0.05, 0.1) is 11.9 Å². The van der Waals surface area contributed by atoms with Crippen LogP contribution in [0, 0.1) is 0 Å². The quantitative estimate of drug-likeness (QED) is 0.732. The van der Waals surface area contributed by atoms with Gasteiger partial charge in [-0.2, -0.15) is 5.10 Å². The lowest BCUT2D eigenvalue weighted by atomic mass is 10.3. The van der Waals surface area contributed by atoms with E-state index in [-0.39, 0.29) is 10.9 Å². The molecule has 3 N–H and O–H groups in total. The van der Waals surface area contributed by atoms with E-state index < -0.39 is 11.6 Å². The Balaban J connectivity index is 2.01. The van der Waals surface area contributed by atoms with Crippen molar-refractivity contribution in [3.63, 3.8) is 0 Å². The second-order valence-electron chi connectivity index (χ2n) is 4.08. The molecule has 92 valence electrons. The maximum Gasteiger partial charge on any atom is 0.285 e. The average Bonchev–Trinajstić information content (AvgIpc) is 3.08. The number of rotatable bonds is 4. The van der Waals surface area contributed by atoms with Gasteiger partial charge in [-0.3, -0.25) is 9.59 Å². The number of H-pyrrole nitrogens is 1. The number of carbonyl (C=O) groups excluding carboxylic acids is 1. The van der Waals surface area contributed by atoms with Crippen LogP contribution in [0.5, 0.6) is 0 Å². The van der Waals surface area contributed by atoms with Gasteiger partial charge in [0.1, 0.15) is 11.1 Å². The molecule has 0 bridgehead atoms. The molecule has 0 saturated heterocycles. The molecule has 0 spiro atoms.